The minimum absolute atomic E-state index is 0.541. The van der Waals surface area contributed by atoms with E-state index in [9.17, 15) is 0 Å². The van der Waals surface area contributed by atoms with Crippen molar-refractivity contribution in [2.75, 3.05) is 11.9 Å². The highest BCUT2D eigenvalue weighted by atomic mass is 32.1. The van der Waals surface area contributed by atoms with E-state index < -0.39 is 0 Å². The van der Waals surface area contributed by atoms with Crippen molar-refractivity contribution in [2.24, 2.45) is 5.92 Å². The zero-order valence-electron chi connectivity index (χ0n) is 19.5. The van der Waals surface area contributed by atoms with E-state index in [2.05, 4.69) is 71.2 Å². The Balaban J connectivity index is 1.46. The molecule has 0 bridgehead atoms. The van der Waals surface area contributed by atoms with E-state index in [4.69, 9.17) is 9.97 Å². The molecule has 4 heterocycles. The molecule has 0 saturated heterocycles. The predicted molar refractivity (Wildman–Crippen MR) is 140 cm³/mol. The first-order chi connectivity index (χ1) is 16.7. The van der Waals surface area contributed by atoms with Crippen molar-refractivity contribution in [2.45, 2.75) is 33.2 Å². The number of fused-ring (bicyclic) bond motifs is 1. The lowest BCUT2D eigenvalue weighted by molar-refractivity contribution is 0.483. The average Bonchev–Trinajstić information content (AvgIpc) is 3.49. The Hall–Kier alpha value is -3.58. The number of nitrogens with zero attached hydrogens (tertiary/aromatic N) is 5. The van der Waals surface area contributed by atoms with Gasteiger partial charge in [-0.15, -0.1) is 11.3 Å². The van der Waals surface area contributed by atoms with Gasteiger partial charge in [-0.1, -0.05) is 44.2 Å². The van der Waals surface area contributed by atoms with Crippen LogP contribution in [0.3, 0.4) is 0 Å². The molecular weight excluding hydrogens is 440 g/mol. The molecule has 172 valence electrons. The molecule has 1 N–H and O–H groups in total. The highest BCUT2D eigenvalue weighted by Gasteiger charge is 2.17. The van der Waals surface area contributed by atoms with Crippen molar-refractivity contribution in [1.82, 2.24) is 24.7 Å². The van der Waals surface area contributed by atoms with Crippen LogP contribution in [0.15, 0.2) is 72.6 Å². The van der Waals surface area contributed by atoms with Crippen LogP contribution in [0.4, 0.5) is 5.82 Å². The first-order valence-corrected chi connectivity index (χ1v) is 12.6. The summed E-state index contributed by atoms with van der Waals surface area (Å²) in [5.74, 6) is 2.13. The third kappa shape index (κ3) is 4.99. The highest BCUT2D eigenvalue weighted by Crippen LogP contribution is 2.37. The zero-order valence-corrected chi connectivity index (χ0v) is 20.3. The summed E-state index contributed by atoms with van der Waals surface area (Å²) in [5.41, 5.74) is 5.45. The third-order valence-corrected chi connectivity index (χ3v) is 6.60. The van der Waals surface area contributed by atoms with E-state index in [1.54, 1.807) is 23.7 Å². The second-order valence-corrected chi connectivity index (χ2v) is 9.70. The van der Waals surface area contributed by atoms with Gasteiger partial charge in [-0.3, -0.25) is 9.67 Å². The SMILES string of the molecule is CC(C)Cn1cc(-c2csc3c(NCCCc4ccccc4)nc(-c4ccncc4)nc23)cn1. The molecule has 0 unspecified atom stereocenters. The highest BCUT2D eigenvalue weighted by molar-refractivity contribution is 7.18. The van der Waals surface area contributed by atoms with Gasteiger partial charge in [0.15, 0.2) is 5.82 Å². The summed E-state index contributed by atoms with van der Waals surface area (Å²) in [5, 5.41) is 10.3. The Bertz CT molecular complexity index is 1360. The van der Waals surface area contributed by atoms with Gasteiger partial charge in [0.05, 0.1) is 16.4 Å². The van der Waals surface area contributed by atoms with Crippen molar-refractivity contribution in [1.29, 1.82) is 0 Å². The van der Waals surface area contributed by atoms with Crippen molar-refractivity contribution < 1.29 is 0 Å². The van der Waals surface area contributed by atoms with Crippen LogP contribution >= 0.6 is 11.3 Å². The van der Waals surface area contributed by atoms with E-state index >= 15 is 0 Å². The van der Waals surface area contributed by atoms with Crippen molar-refractivity contribution in [3.05, 3.63) is 78.2 Å². The van der Waals surface area contributed by atoms with Crippen molar-refractivity contribution >= 4 is 27.4 Å². The van der Waals surface area contributed by atoms with E-state index in [1.807, 2.05) is 23.0 Å². The lowest BCUT2D eigenvalue weighted by Crippen LogP contribution is -2.06. The Morgan fingerprint density at radius 2 is 1.82 bits per heavy atom. The number of anilines is 1. The topological polar surface area (TPSA) is 68.5 Å². The maximum atomic E-state index is 4.98. The molecule has 5 rings (SSSR count). The molecule has 1 aromatic carbocycles. The zero-order chi connectivity index (χ0) is 23.3. The maximum absolute atomic E-state index is 4.98. The summed E-state index contributed by atoms with van der Waals surface area (Å²) >= 11 is 1.68. The summed E-state index contributed by atoms with van der Waals surface area (Å²) in [6.45, 7) is 6.14. The Labute approximate surface area is 203 Å². The second-order valence-electron chi connectivity index (χ2n) is 8.82. The van der Waals surface area contributed by atoms with Gasteiger partial charge in [0, 0.05) is 53.8 Å². The maximum Gasteiger partial charge on any atom is 0.162 e. The lowest BCUT2D eigenvalue weighted by Gasteiger charge is -2.10. The quantitative estimate of drug-likeness (QED) is 0.256. The van der Waals surface area contributed by atoms with Gasteiger partial charge < -0.3 is 5.32 Å². The molecule has 0 aliphatic carbocycles. The van der Waals surface area contributed by atoms with Crippen LogP contribution < -0.4 is 5.32 Å². The number of aromatic nitrogens is 5. The summed E-state index contributed by atoms with van der Waals surface area (Å²) in [4.78, 5) is 14.0. The molecule has 0 amide bonds. The van der Waals surface area contributed by atoms with Crippen molar-refractivity contribution in [3.63, 3.8) is 0 Å². The van der Waals surface area contributed by atoms with Gasteiger partial charge in [0.25, 0.3) is 0 Å². The molecule has 0 fully saturated rings. The molecule has 0 radical (unpaired) electrons. The van der Waals surface area contributed by atoms with E-state index in [0.717, 1.165) is 58.7 Å². The molecule has 0 aliphatic rings. The number of hydrogen-bond donors (Lipinski definition) is 1. The molecule has 0 aliphatic heterocycles. The molecule has 0 atom stereocenters. The van der Waals surface area contributed by atoms with Crippen LogP contribution in [-0.2, 0) is 13.0 Å². The minimum Gasteiger partial charge on any atom is -0.369 e. The van der Waals surface area contributed by atoms with Gasteiger partial charge in [0.2, 0.25) is 0 Å². The Kier molecular flexibility index (Phi) is 6.62. The lowest BCUT2D eigenvalue weighted by atomic mass is 10.1. The fourth-order valence-electron chi connectivity index (χ4n) is 3.99. The number of pyridine rings is 1. The fraction of sp³-hybridized carbons (Fsp3) is 0.259. The molecule has 34 heavy (non-hydrogen) atoms. The number of benzene rings is 1. The molecule has 0 saturated carbocycles. The standard InChI is InChI=1S/C27H28N6S/c1-19(2)16-33-17-22(15-30-33)23-18-34-25-24(23)31-26(21-10-13-28-14-11-21)32-27(25)29-12-6-9-20-7-4-3-5-8-20/h3-5,7-8,10-11,13-15,17-19H,6,9,12,16H2,1-2H3,(H,29,31,32). The number of rotatable bonds is 9. The first-order valence-electron chi connectivity index (χ1n) is 11.7. The van der Waals surface area contributed by atoms with Gasteiger partial charge in [-0.2, -0.15) is 5.10 Å². The Morgan fingerprint density at radius 3 is 2.62 bits per heavy atom. The second kappa shape index (κ2) is 10.1. The number of aryl methyl sites for hydroxylation is 1. The summed E-state index contributed by atoms with van der Waals surface area (Å²) in [7, 11) is 0. The monoisotopic (exact) mass is 468 g/mol. The van der Waals surface area contributed by atoms with Gasteiger partial charge in [-0.25, -0.2) is 9.97 Å². The van der Waals surface area contributed by atoms with E-state index in [1.165, 1.54) is 5.56 Å². The van der Waals surface area contributed by atoms with Crippen LogP contribution in [0.5, 0.6) is 0 Å². The molecule has 5 aromatic rings. The smallest absolute Gasteiger partial charge is 0.162 e. The predicted octanol–water partition coefficient (Wildman–Crippen LogP) is 6.32. The number of hydrogen-bond acceptors (Lipinski definition) is 6. The van der Waals surface area contributed by atoms with Crippen molar-refractivity contribution in [3.8, 4) is 22.5 Å². The van der Waals surface area contributed by atoms with Crippen LogP contribution in [0.1, 0.15) is 25.8 Å². The number of nitrogens with one attached hydrogen (secondary N) is 1. The van der Waals surface area contributed by atoms with E-state index in [0.29, 0.717) is 11.7 Å². The molecular formula is C27H28N6S. The first kappa shape index (κ1) is 22.2. The third-order valence-electron chi connectivity index (χ3n) is 5.63. The molecule has 0 spiro atoms. The Morgan fingerprint density at radius 1 is 1.00 bits per heavy atom. The van der Waals surface area contributed by atoms with E-state index in [-0.39, 0.29) is 0 Å². The van der Waals surface area contributed by atoms with Gasteiger partial charge in [0.1, 0.15) is 5.82 Å². The largest absolute Gasteiger partial charge is 0.369 e. The van der Waals surface area contributed by atoms with Gasteiger partial charge in [-0.05, 0) is 36.5 Å². The summed E-state index contributed by atoms with van der Waals surface area (Å²) in [6.07, 6.45) is 9.67. The molecule has 7 heteroatoms. The normalized spacial score (nSPS) is 11.4. The van der Waals surface area contributed by atoms with Crippen LogP contribution in [0.25, 0.3) is 32.7 Å². The van der Waals surface area contributed by atoms with Gasteiger partial charge >= 0.3 is 0 Å². The van der Waals surface area contributed by atoms with Crippen LogP contribution in [0.2, 0.25) is 0 Å². The summed E-state index contributed by atoms with van der Waals surface area (Å²) < 4.78 is 3.08. The van der Waals surface area contributed by atoms with Crippen LogP contribution in [-0.4, -0.2) is 31.3 Å². The minimum atomic E-state index is 0.541. The molecule has 4 aromatic heterocycles. The average molecular weight is 469 g/mol. The fourth-order valence-corrected chi connectivity index (χ4v) is 4.97. The number of thiophene rings is 1. The molecule has 6 nitrogen and oxygen atoms in total. The summed E-state index contributed by atoms with van der Waals surface area (Å²) in [6, 6.07) is 14.5. The van der Waals surface area contributed by atoms with Crippen LogP contribution in [0, 0.1) is 5.92 Å².